The monoisotopic (exact) mass is 153 g/mol. The average Bonchev–Trinajstić information content (AvgIpc) is 2.03. The molecule has 0 amide bonds. The predicted molar refractivity (Wildman–Crippen MR) is 43.9 cm³/mol. The third-order valence-electron chi connectivity index (χ3n) is 3.08. The van der Waals surface area contributed by atoms with Crippen LogP contribution in [0.5, 0.6) is 0 Å². The van der Waals surface area contributed by atoms with Crippen LogP contribution in [0.3, 0.4) is 0 Å². The summed E-state index contributed by atoms with van der Waals surface area (Å²) in [7, 11) is 0. The summed E-state index contributed by atoms with van der Waals surface area (Å²) in [5, 5.41) is 12.0. The molecule has 2 unspecified atom stereocenters. The van der Waals surface area contributed by atoms with Gasteiger partial charge in [-0.1, -0.05) is 24.4 Å². The highest BCUT2D eigenvalue weighted by Crippen LogP contribution is 2.38. The fourth-order valence-electron chi connectivity index (χ4n) is 2.60. The molecule has 0 aliphatic heterocycles. The van der Waals surface area contributed by atoms with Gasteiger partial charge in [0.15, 0.2) is 0 Å². The summed E-state index contributed by atoms with van der Waals surface area (Å²) in [5.74, 6) is 1.68. The molecule has 2 saturated carbocycles. The van der Waals surface area contributed by atoms with Crippen LogP contribution in [0.2, 0.25) is 0 Å². The number of hydrogen-bond acceptors (Lipinski definition) is 2. The van der Waals surface area contributed by atoms with Crippen LogP contribution in [0.1, 0.15) is 38.5 Å². The van der Waals surface area contributed by atoms with E-state index in [0.29, 0.717) is 0 Å². The Labute approximate surface area is 67.3 Å². The first-order valence-electron chi connectivity index (χ1n) is 4.58. The van der Waals surface area contributed by atoms with Crippen molar-refractivity contribution in [2.75, 3.05) is 0 Å². The molecule has 2 bridgehead atoms. The first-order valence-corrected chi connectivity index (χ1v) is 4.58. The lowest BCUT2D eigenvalue weighted by atomic mass is 9.72. The Bertz CT molecular complexity index is 162. The molecule has 2 heteroatoms. The molecule has 2 aliphatic rings. The standard InChI is InChI=1S/C9H15NO/c11-10-9-5-7-2-1-3-8(4-7)6-9/h7-8,11H,1-6H2. The molecule has 0 aromatic carbocycles. The molecule has 2 nitrogen and oxygen atoms in total. The Morgan fingerprint density at radius 3 is 2.36 bits per heavy atom. The fraction of sp³-hybridized carbons (Fsp3) is 0.889. The van der Waals surface area contributed by atoms with Crippen molar-refractivity contribution in [3.05, 3.63) is 0 Å². The minimum atomic E-state index is 0.841. The molecule has 0 radical (unpaired) electrons. The number of rotatable bonds is 0. The highest BCUT2D eigenvalue weighted by atomic mass is 16.4. The molecule has 2 rings (SSSR count). The first kappa shape index (κ1) is 7.14. The van der Waals surface area contributed by atoms with Gasteiger partial charge in [-0.2, -0.15) is 0 Å². The fourth-order valence-corrected chi connectivity index (χ4v) is 2.60. The maximum Gasteiger partial charge on any atom is 0.0576 e. The minimum Gasteiger partial charge on any atom is -0.411 e. The van der Waals surface area contributed by atoms with Gasteiger partial charge < -0.3 is 5.21 Å². The van der Waals surface area contributed by atoms with Gasteiger partial charge in [-0.15, -0.1) is 0 Å². The van der Waals surface area contributed by atoms with E-state index in [1.807, 2.05) is 0 Å². The van der Waals surface area contributed by atoms with Crippen molar-refractivity contribution in [2.45, 2.75) is 38.5 Å². The van der Waals surface area contributed by atoms with E-state index in [9.17, 15) is 0 Å². The van der Waals surface area contributed by atoms with Crippen molar-refractivity contribution in [3.8, 4) is 0 Å². The van der Waals surface area contributed by atoms with Crippen molar-refractivity contribution in [1.29, 1.82) is 0 Å². The molecule has 0 saturated heterocycles. The third kappa shape index (κ3) is 1.39. The quantitative estimate of drug-likeness (QED) is 0.420. The van der Waals surface area contributed by atoms with Crippen LogP contribution in [0.25, 0.3) is 0 Å². The van der Waals surface area contributed by atoms with Gasteiger partial charge in [0.25, 0.3) is 0 Å². The highest BCUT2D eigenvalue weighted by molar-refractivity contribution is 5.85. The second kappa shape index (κ2) is 2.84. The lowest BCUT2D eigenvalue weighted by molar-refractivity contribution is 0.243. The lowest BCUT2D eigenvalue weighted by Gasteiger charge is -2.34. The van der Waals surface area contributed by atoms with Gasteiger partial charge in [0.2, 0.25) is 0 Å². The third-order valence-corrected chi connectivity index (χ3v) is 3.08. The summed E-state index contributed by atoms with van der Waals surface area (Å²) in [5.41, 5.74) is 1.05. The van der Waals surface area contributed by atoms with E-state index in [0.717, 1.165) is 30.4 Å². The average molecular weight is 153 g/mol. The lowest BCUT2D eigenvalue weighted by Crippen LogP contribution is -2.26. The molecule has 0 aromatic heterocycles. The van der Waals surface area contributed by atoms with Crippen molar-refractivity contribution >= 4 is 5.71 Å². The van der Waals surface area contributed by atoms with E-state index in [1.54, 1.807) is 0 Å². The van der Waals surface area contributed by atoms with E-state index in [1.165, 1.54) is 25.7 Å². The zero-order chi connectivity index (χ0) is 7.68. The minimum absolute atomic E-state index is 0.841. The molecule has 0 aromatic rings. The Hall–Kier alpha value is -0.530. The van der Waals surface area contributed by atoms with Crippen molar-refractivity contribution in [3.63, 3.8) is 0 Å². The second-order valence-electron chi connectivity index (χ2n) is 3.97. The molecule has 2 atom stereocenters. The zero-order valence-electron chi connectivity index (χ0n) is 6.79. The van der Waals surface area contributed by atoms with Gasteiger partial charge >= 0.3 is 0 Å². The molecule has 1 N–H and O–H groups in total. The van der Waals surface area contributed by atoms with E-state index in [4.69, 9.17) is 5.21 Å². The van der Waals surface area contributed by atoms with E-state index >= 15 is 0 Å². The van der Waals surface area contributed by atoms with Crippen LogP contribution >= 0.6 is 0 Å². The number of fused-ring (bicyclic) bond motifs is 2. The van der Waals surface area contributed by atoms with Crippen LogP contribution in [-0.2, 0) is 0 Å². The van der Waals surface area contributed by atoms with Gasteiger partial charge in [-0.25, -0.2) is 0 Å². The van der Waals surface area contributed by atoms with Crippen LogP contribution in [-0.4, -0.2) is 10.9 Å². The second-order valence-corrected chi connectivity index (χ2v) is 3.97. The molecule has 0 spiro atoms. The Morgan fingerprint density at radius 1 is 1.18 bits per heavy atom. The zero-order valence-corrected chi connectivity index (χ0v) is 6.79. The smallest absolute Gasteiger partial charge is 0.0576 e. The summed E-state index contributed by atoms with van der Waals surface area (Å²) in [4.78, 5) is 0. The largest absolute Gasteiger partial charge is 0.411 e. The number of nitrogens with zero attached hydrogens (tertiary/aromatic N) is 1. The van der Waals surface area contributed by atoms with Crippen LogP contribution < -0.4 is 0 Å². The Morgan fingerprint density at radius 2 is 1.82 bits per heavy atom. The Balaban J connectivity index is 2.05. The van der Waals surface area contributed by atoms with Crippen molar-refractivity contribution < 1.29 is 5.21 Å². The van der Waals surface area contributed by atoms with Gasteiger partial charge in [0, 0.05) is 0 Å². The van der Waals surface area contributed by atoms with Crippen molar-refractivity contribution in [1.82, 2.24) is 0 Å². The highest BCUT2D eigenvalue weighted by Gasteiger charge is 2.29. The first-order chi connectivity index (χ1) is 5.38. The molecule has 2 fully saturated rings. The topological polar surface area (TPSA) is 32.6 Å². The molecular weight excluding hydrogens is 138 g/mol. The summed E-state index contributed by atoms with van der Waals surface area (Å²) in [6.07, 6.45) is 7.62. The number of oxime groups is 1. The maximum absolute atomic E-state index is 8.63. The summed E-state index contributed by atoms with van der Waals surface area (Å²) in [6, 6.07) is 0. The van der Waals surface area contributed by atoms with Crippen LogP contribution in [0, 0.1) is 11.8 Å². The number of hydrogen-bond donors (Lipinski definition) is 1. The SMILES string of the molecule is ON=C1CC2CCCC(C1)C2. The van der Waals surface area contributed by atoms with E-state index in [2.05, 4.69) is 5.16 Å². The van der Waals surface area contributed by atoms with E-state index < -0.39 is 0 Å². The summed E-state index contributed by atoms with van der Waals surface area (Å²) in [6.45, 7) is 0. The van der Waals surface area contributed by atoms with Gasteiger partial charge in [-0.3, -0.25) is 0 Å². The van der Waals surface area contributed by atoms with E-state index in [-0.39, 0.29) is 0 Å². The van der Waals surface area contributed by atoms with Crippen LogP contribution in [0.15, 0.2) is 5.16 Å². The van der Waals surface area contributed by atoms with Gasteiger partial charge in [0.1, 0.15) is 0 Å². The van der Waals surface area contributed by atoms with Crippen LogP contribution in [0.4, 0.5) is 0 Å². The predicted octanol–water partition coefficient (Wildman–Crippen LogP) is 2.42. The van der Waals surface area contributed by atoms with Crippen molar-refractivity contribution in [2.24, 2.45) is 17.0 Å². The normalized spacial score (nSPS) is 36.9. The molecule has 11 heavy (non-hydrogen) atoms. The van der Waals surface area contributed by atoms with Gasteiger partial charge in [-0.05, 0) is 31.1 Å². The molecular formula is C9H15NO. The summed E-state index contributed by atoms with van der Waals surface area (Å²) < 4.78 is 0. The Kier molecular flexibility index (Phi) is 1.84. The van der Waals surface area contributed by atoms with Gasteiger partial charge in [0.05, 0.1) is 5.71 Å². The molecule has 0 heterocycles. The summed E-state index contributed by atoms with van der Waals surface area (Å²) >= 11 is 0. The maximum atomic E-state index is 8.63. The molecule has 2 aliphatic carbocycles. The molecule has 62 valence electrons.